The zero-order valence-corrected chi connectivity index (χ0v) is 18.6. The van der Waals surface area contributed by atoms with Gasteiger partial charge < -0.3 is 10.6 Å². The molecular weight excluding hydrogens is 454 g/mol. The lowest BCUT2D eigenvalue weighted by Gasteiger charge is -2.43. The lowest BCUT2D eigenvalue weighted by atomic mass is 10.0. The summed E-state index contributed by atoms with van der Waals surface area (Å²) >= 11 is 0. The Balaban J connectivity index is 1.70. The van der Waals surface area contributed by atoms with Crippen molar-refractivity contribution in [1.82, 2.24) is 14.9 Å². The smallest absolute Gasteiger partial charge is 0.243 e. The Bertz CT molecular complexity index is 1130. The molecule has 3 saturated heterocycles. The number of amides is 1. The van der Waals surface area contributed by atoms with Crippen LogP contribution in [0, 0.1) is 0 Å². The number of hydrogen-bond acceptors (Lipinski definition) is 8. The maximum absolute atomic E-state index is 13.5. The van der Waals surface area contributed by atoms with E-state index in [4.69, 9.17) is 0 Å². The lowest BCUT2D eigenvalue weighted by Crippen LogP contribution is -2.67. The highest BCUT2D eigenvalue weighted by molar-refractivity contribution is 7.92. The minimum Gasteiger partial charge on any atom is -0.352 e. The predicted molar refractivity (Wildman–Crippen MR) is 109 cm³/mol. The van der Waals surface area contributed by atoms with Gasteiger partial charge in [0, 0.05) is 25.6 Å². The lowest BCUT2D eigenvalue weighted by molar-refractivity contribution is -0.119. The van der Waals surface area contributed by atoms with Crippen molar-refractivity contribution in [3.05, 3.63) is 29.8 Å². The standard InChI is InChI=1S/C17H23N3O7S3/c1-11(21)18-6-12-2-4-13(5-3-12)30(26,27)20-16-9-28(22,23)7-14(16)19-15-8-29(24,25)10-17(15)20/h2-5,14-17,19H,6-10H2,1H3,(H,18,21)/t14-,15+,16+,17-. The molecule has 0 aromatic heterocycles. The van der Waals surface area contributed by atoms with E-state index in [1.165, 1.54) is 19.1 Å². The number of sulfonamides is 1. The third kappa shape index (κ3) is 4.00. The largest absolute Gasteiger partial charge is 0.352 e. The van der Waals surface area contributed by atoms with Gasteiger partial charge in [-0.15, -0.1) is 0 Å². The zero-order valence-electron chi connectivity index (χ0n) is 16.2. The Hall–Kier alpha value is -1.54. The number of rotatable bonds is 4. The number of carbonyl (C=O) groups excluding carboxylic acids is 1. The van der Waals surface area contributed by atoms with Crippen LogP contribution in [0.3, 0.4) is 0 Å². The first-order chi connectivity index (χ1) is 13.9. The highest BCUT2D eigenvalue weighted by Crippen LogP contribution is 2.35. The van der Waals surface area contributed by atoms with Crippen LogP contribution in [0.2, 0.25) is 0 Å². The van der Waals surface area contributed by atoms with Gasteiger partial charge in [-0.2, -0.15) is 4.31 Å². The SMILES string of the molecule is CC(=O)NCc1ccc(S(=O)(=O)N2[C@@H]3CS(=O)(=O)C[C@@H]3N[C@@H]3CS(=O)(=O)C[C@@H]32)cc1. The van der Waals surface area contributed by atoms with Gasteiger partial charge in [0.25, 0.3) is 0 Å². The van der Waals surface area contributed by atoms with Crippen LogP contribution in [-0.4, -0.2) is 82.6 Å². The van der Waals surface area contributed by atoms with Crippen molar-refractivity contribution in [3.63, 3.8) is 0 Å². The zero-order chi connectivity index (χ0) is 21.9. The van der Waals surface area contributed by atoms with Crippen molar-refractivity contribution in [3.8, 4) is 0 Å². The minimum atomic E-state index is -4.14. The number of benzene rings is 1. The molecule has 0 saturated carbocycles. The molecule has 2 N–H and O–H groups in total. The average molecular weight is 478 g/mol. The van der Waals surface area contributed by atoms with Crippen LogP contribution in [0.25, 0.3) is 0 Å². The summed E-state index contributed by atoms with van der Waals surface area (Å²) in [6.45, 7) is 1.62. The normalized spacial score (nSPS) is 32.3. The number of carbonyl (C=O) groups is 1. The third-order valence-electron chi connectivity index (χ3n) is 5.77. The molecule has 10 nitrogen and oxygen atoms in total. The fourth-order valence-corrected chi connectivity index (χ4v) is 10.4. The molecule has 4 rings (SSSR count). The number of nitrogens with one attached hydrogen (secondary N) is 2. The molecule has 3 fully saturated rings. The van der Waals surface area contributed by atoms with E-state index in [2.05, 4.69) is 10.6 Å². The fraction of sp³-hybridized carbons (Fsp3) is 0.588. The molecule has 30 heavy (non-hydrogen) atoms. The third-order valence-corrected chi connectivity index (χ3v) is 11.2. The molecule has 0 bridgehead atoms. The summed E-state index contributed by atoms with van der Waals surface area (Å²) in [6, 6.07) is 2.93. The van der Waals surface area contributed by atoms with E-state index in [9.17, 15) is 30.0 Å². The van der Waals surface area contributed by atoms with Gasteiger partial charge in [-0.05, 0) is 17.7 Å². The van der Waals surface area contributed by atoms with E-state index in [1.807, 2.05) is 0 Å². The van der Waals surface area contributed by atoms with E-state index in [0.717, 1.165) is 4.31 Å². The Morgan fingerprint density at radius 1 is 1.00 bits per heavy atom. The van der Waals surface area contributed by atoms with Crippen molar-refractivity contribution >= 4 is 35.6 Å². The molecule has 0 aliphatic carbocycles. The highest BCUT2D eigenvalue weighted by atomic mass is 32.2. The summed E-state index contributed by atoms with van der Waals surface area (Å²) in [5.74, 6) is -1.33. The van der Waals surface area contributed by atoms with Crippen LogP contribution in [0.4, 0.5) is 0 Å². The molecule has 13 heteroatoms. The minimum absolute atomic E-state index is 0.0397. The van der Waals surface area contributed by atoms with Crippen molar-refractivity contribution in [1.29, 1.82) is 0 Å². The first kappa shape index (κ1) is 21.7. The molecule has 0 unspecified atom stereocenters. The second-order valence-electron chi connectivity index (χ2n) is 8.06. The molecular formula is C17H23N3O7S3. The second kappa shape index (κ2) is 7.26. The highest BCUT2D eigenvalue weighted by Gasteiger charge is 2.57. The monoisotopic (exact) mass is 477 g/mol. The number of piperazine rings is 1. The quantitative estimate of drug-likeness (QED) is 0.519. The van der Waals surface area contributed by atoms with Crippen LogP contribution < -0.4 is 10.6 Å². The molecule has 0 spiro atoms. The molecule has 3 aliphatic heterocycles. The summed E-state index contributed by atoms with van der Waals surface area (Å²) in [5.41, 5.74) is 0.701. The van der Waals surface area contributed by atoms with E-state index >= 15 is 0 Å². The van der Waals surface area contributed by atoms with Gasteiger partial charge in [-0.3, -0.25) is 4.79 Å². The molecule has 4 atom stereocenters. The maximum atomic E-state index is 13.5. The van der Waals surface area contributed by atoms with Crippen LogP contribution in [0.15, 0.2) is 29.2 Å². The predicted octanol–water partition coefficient (Wildman–Crippen LogP) is -1.75. The second-order valence-corrected chi connectivity index (χ2v) is 14.2. The summed E-state index contributed by atoms with van der Waals surface area (Å²) in [5, 5.41) is 5.70. The van der Waals surface area contributed by atoms with Gasteiger partial charge in [0.2, 0.25) is 15.9 Å². The summed E-state index contributed by atoms with van der Waals surface area (Å²) in [6.07, 6.45) is 0. The molecule has 3 aliphatic rings. The van der Waals surface area contributed by atoms with Crippen LogP contribution >= 0.6 is 0 Å². The van der Waals surface area contributed by atoms with E-state index < -0.39 is 53.9 Å². The first-order valence-electron chi connectivity index (χ1n) is 9.42. The fourth-order valence-electron chi connectivity index (χ4n) is 4.48. The number of nitrogens with zero attached hydrogens (tertiary/aromatic N) is 1. The van der Waals surface area contributed by atoms with Crippen molar-refractivity contribution < 1.29 is 30.0 Å². The van der Waals surface area contributed by atoms with E-state index in [-0.39, 0.29) is 40.4 Å². The summed E-state index contributed by atoms with van der Waals surface area (Å²) in [4.78, 5) is 11.0. The van der Waals surface area contributed by atoms with Gasteiger partial charge in [0.15, 0.2) is 19.7 Å². The van der Waals surface area contributed by atoms with E-state index in [1.54, 1.807) is 12.1 Å². The topological polar surface area (TPSA) is 147 Å². The Morgan fingerprint density at radius 3 is 1.97 bits per heavy atom. The van der Waals surface area contributed by atoms with Gasteiger partial charge in [-0.1, -0.05) is 12.1 Å². The molecule has 1 aromatic carbocycles. The summed E-state index contributed by atoms with van der Waals surface area (Å²) < 4.78 is 77.0. The van der Waals surface area contributed by atoms with Crippen molar-refractivity contribution in [2.45, 2.75) is 42.5 Å². The molecule has 0 radical (unpaired) electrons. The maximum Gasteiger partial charge on any atom is 0.243 e. The average Bonchev–Trinajstić information content (AvgIpc) is 3.09. The molecule has 1 aromatic rings. The van der Waals surface area contributed by atoms with Crippen LogP contribution in [0.5, 0.6) is 0 Å². The number of fused-ring (bicyclic) bond motifs is 2. The van der Waals surface area contributed by atoms with Crippen molar-refractivity contribution in [2.24, 2.45) is 0 Å². The van der Waals surface area contributed by atoms with Gasteiger partial charge >= 0.3 is 0 Å². The van der Waals surface area contributed by atoms with Gasteiger partial charge in [0.05, 0.1) is 40.0 Å². The van der Waals surface area contributed by atoms with Crippen molar-refractivity contribution in [2.75, 3.05) is 23.0 Å². The molecule has 1 amide bonds. The van der Waals surface area contributed by atoms with E-state index in [0.29, 0.717) is 5.56 Å². The molecule has 3 heterocycles. The number of sulfone groups is 2. The van der Waals surface area contributed by atoms with Gasteiger partial charge in [0.1, 0.15) is 0 Å². The van der Waals surface area contributed by atoms with Crippen LogP contribution in [0.1, 0.15) is 12.5 Å². The Kier molecular flexibility index (Phi) is 5.25. The Labute approximate surface area is 175 Å². The summed E-state index contributed by atoms with van der Waals surface area (Å²) in [7, 11) is -11.0. The Morgan fingerprint density at radius 2 is 1.50 bits per heavy atom. The first-order valence-corrected chi connectivity index (χ1v) is 14.5. The molecule has 166 valence electrons. The number of hydrogen-bond donors (Lipinski definition) is 2. The van der Waals surface area contributed by atoms with Gasteiger partial charge in [-0.25, -0.2) is 25.3 Å². The van der Waals surface area contributed by atoms with Crippen LogP contribution in [-0.2, 0) is 41.0 Å².